The highest BCUT2D eigenvalue weighted by Gasteiger charge is 2.29. The minimum Gasteiger partial charge on any atom is -0.462 e. The van der Waals surface area contributed by atoms with Gasteiger partial charge in [-0.05, 0) is 50.3 Å². The number of hydrogen-bond acceptors (Lipinski definition) is 5. The van der Waals surface area contributed by atoms with Crippen LogP contribution in [0.15, 0.2) is 30.3 Å². The largest absolute Gasteiger partial charge is 0.462 e. The smallest absolute Gasteiger partial charge is 0.341 e. The number of rotatable bonds is 7. The van der Waals surface area contributed by atoms with Crippen LogP contribution in [0, 0.1) is 5.92 Å². The molecule has 0 fully saturated rings. The number of amides is 1. The lowest BCUT2D eigenvalue weighted by atomic mass is 9.88. The highest BCUT2D eigenvalue weighted by atomic mass is 32.1. The first-order valence-corrected chi connectivity index (χ1v) is 10.6. The molecule has 0 saturated carbocycles. The van der Waals surface area contributed by atoms with Crippen molar-refractivity contribution in [3.05, 3.63) is 51.9 Å². The number of likely N-dealkylation sites (N-methyl/N-ethyl adjacent to an activating group) is 1. The molecule has 1 heterocycles. The average Bonchev–Trinajstić information content (AvgIpc) is 2.99. The molecule has 0 aliphatic heterocycles. The fraction of sp³-hybridized carbons (Fsp3) is 0.455. The van der Waals surface area contributed by atoms with Crippen LogP contribution in [0.25, 0.3) is 0 Å². The first kappa shape index (κ1) is 20.6. The van der Waals surface area contributed by atoms with Crippen LogP contribution in [-0.4, -0.2) is 37.0 Å². The van der Waals surface area contributed by atoms with Crippen LogP contribution in [0.4, 0.5) is 5.00 Å². The van der Waals surface area contributed by atoms with Crippen molar-refractivity contribution >= 4 is 28.2 Å². The zero-order chi connectivity index (χ0) is 20.1. The first-order valence-electron chi connectivity index (χ1n) is 9.81. The van der Waals surface area contributed by atoms with Crippen molar-refractivity contribution in [3.63, 3.8) is 0 Å². The number of nitrogens with zero attached hydrogens (tertiary/aromatic N) is 1. The van der Waals surface area contributed by atoms with Gasteiger partial charge in [0.1, 0.15) is 5.00 Å². The van der Waals surface area contributed by atoms with Gasteiger partial charge in [-0.15, -0.1) is 11.3 Å². The summed E-state index contributed by atoms with van der Waals surface area (Å²) < 4.78 is 5.27. The van der Waals surface area contributed by atoms with Gasteiger partial charge in [0.05, 0.1) is 18.7 Å². The Labute approximate surface area is 170 Å². The zero-order valence-corrected chi connectivity index (χ0v) is 17.6. The molecule has 1 aromatic heterocycles. The maximum Gasteiger partial charge on any atom is 0.341 e. The lowest BCUT2D eigenvalue weighted by molar-refractivity contribution is -0.117. The van der Waals surface area contributed by atoms with E-state index in [1.807, 2.05) is 42.3 Å². The molecule has 3 rings (SSSR count). The Morgan fingerprint density at radius 1 is 1.29 bits per heavy atom. The van der Waals surface area contributed by atoms with Crippen molar-refractivity contribution in [1.82, 2.24) is 4.90 Å². The third-order valence-corrected chi connectivity index (χ3v) is 6.12. The molecule has 1 N–H and O–H groups in total. The fourth-order valence-electron chi connectivity index (χ4n) is 3.62. The van der Waals surface area contributed by atoms with Gasteiger partial charge in [0.15, 0.2) is 0 Å². The molecule has 0 bridgehead atoms. The number of hydrogen-bond donors (Lipinski definition) is 1. The minimum absolute atomic E-state index is 0.115. The predicted octanol–water partition coefficient (Wildman–Crippen LogP) is 4.12. The SMILES string of the molecule is CCOC(=O)c1c(NC(=O)CN(C)Cc2ccccc2)sc2c1CCC(C)C2. The van der Waals surface area contributed by atoms with Gasteiger partial charge < -0.3 is 10.1 Å². The molecule has 5 nitrogen and oxygen atoms in total. The van der Waals surface area contributed by atoms with Gasteiger partial charge in [-0.1, -0.05) is 37.3 Å². The van der Waals surface area contributed by atoms with Gasteiger partial charge in [-0.2, -0.15) is 0 Å². The molecule has 1 aliphatic rings. The normalized spacial score (nSPS) is 15.9. The van der Waals surface area contributed by atoms with E-state index in [-0.39, 0.29) is 18.4 Å². The molecular weight excluding hydrogens is 372 g/mol. The Morgan fingerprint density at radius 2 is 2.04 bits per heavy atom. The van der Waals surface area contributed by atoms with Gasteiger partial charge in [-0.3, -0.25) is 9.69 Å². The zero-order valence-electron chi connectivity index (χ0n) is 16.8. The van der Waals surface area contributed by atoms with E-state index in [4.69, 9.17) is 4.74 Å². The van der Waals surface area contributed by atoms with Crippen LogP contribution in [0.1, 0.15) is 46.6 Å². The second-order valence-electron chi connectivity index (χ2n) is 7.48. The summed E-state index contributed by atoms with van der Waals surface area (Å²) in [5.41, 5.74) is 2.79. The molecule has 1 aliphatic carbocycles. The van der Waals surface area contributed by atoms with E-state index < -0.39 is 0 Å². The standard InChI is InChI=1S/C22H28N2O3S/c1-4-27-22(26)20-17-11-10-15(2)12-18(17)28-21(20)23-19(25)14-24(3)13-16-8-6-5-7-9-16/h5-9,15H,4,10-14H2,1-3H3,(H,23,25). The molecule has 1 amide bonds. The Balaban J connectivity index is 1.71. The molecule has 0 spiro atoms. The number of fused-ring (bicyclic) bond motifs is 1. The maximum absolute atomic E-state index is 12.6. The third-order valence-electron chi connectivity index (χ3n) is 4.95. The molecule has 1 unspecified atom stereocenters. The minimum atomic E-state index is -0.331. The summed E-state index contributed by atoms with van der Waals surface area (Å²) in [6, 6.07) is 10.0. The predicted molar refractivity (Wildman–Crippen MR) is 113 cm³/mol. The number of carbonyl (C=O) groups excluding carboxylic acids is 2. The summed E-state index contributed by atoms with van der Waals surface area (Å²) in [4.78, 5) is 28.3. The van der Waals surface area contributed by atoms with Crippen LogP contribution in [-0.2, 0) is 28.9 Å². The second kappa shape index (κ2) is 9.34. The van der Waals surface area contributed by atoms with Crippen molar-refractivity contribution < 1.29 is 14.3 Å². The molecule has 28 heavy (non-hydrogen) atoms. The summed E-state index contributed by atoms with van der Waals surface area (Å²) in [6.45, 7) is 5.31. The highest BCUT2D eigenvalue weighted by Crippen LogP contribution is 2.40. The molecule has 150 valence electrons. The number of anilines is 1. The lowest BCUT2D eigenvalue weighted by Crippen LogP contribution is -2.30. The summed E-state index contributed by atoms with van der Waals surface area (Å²) in [5.74, 6) is 0.153. The molecule has 1 aromatic carbocycles. The Kier molecular flexibility index (Phi) is 6.86. The quantitative estimate of drug-likeness (QED) is 0.711. The summed E-state index contributed by atoms with van der Waals surface area (Å²) in [6.07, 6.45) is 2.88. The van der Waals surface area contributed by atoms with E-state index in [0.29, 0.717) is 29.6 Å². The van der Waals surface area contributed by atoms with Crippen LogP contribution in [0.3, 0.4) is 0 Å². The molecule has 6 heteroatoms. The Hall–Kier alpha value is -2.18. The number of benzene rings is 1. The van der Waals surface area contributed by atoms with Gasteiger partial charge >= 0.3 is 5.97 Å². The van der Waals surface area contributed by atoms with Gasteiger partial charge in [0, 0.05) is 11.4 Å². The average molecular weight is 401 g/mol. The molecule has 0 saturated heterocycles. The molecule has 0 radical (unpaired) electrons. The van der Waals surface area contributed by atoms with E-state index in [9.17, 15) is 9.59 Å². The van der Waals surface area contributed by atoms with Crippen LogP contribution >= 0.6 is 11.3 Å². The van der Waals surface area contributed by atoms with Crippen molar-refractivity contribution in [3.8, 4) is 0 Å². The highest BCUT2D eigenvalue weighted by molar-refractivity contribution is 7.17. The number of ether oxygens (including phenoxy) is 1. The van der Waals surface area contributed by atoms with Crippen molar-refractivity contribution in [2.24, 2.45) is 5.92 Å². The topological polar surface area (TPSA) is 58.6 Å². The van der Waals surface area contributed by atoms with E-state index in [0.717, 1.165) is 30.4 Å². The number of carbonyl (C=O) groups is 2. The maximum atomic E-state index is 12.6. The molecule has 1 atom stereocenters. The molecule has 2 aromatic rings. The van der Waals surface area contributed by atoms with Gasteiger partial charge in [0.2, 0.25) is 5.91 Å². The van der Waals surface area contributed by atoms with E-state index >= 15 is 0 Å². The monoisotopic (exact) mass is 400 g/mol. The van der Waals surface area contributed by atoms with E-state index in [1.165, 1.54) is 16.2 Å². The van der Waals surface area contributed by atoms with E-state index in [2.05, 4.69) is 12.2 Å². The van der Waals surface area contributed by atoms with Crippen molar-refractivity contribution in [1.29, 1.82) is 0 Å². The third kappa shape index (κ3) is 5.00. The van der Waals surface area contributed by atoms with Gasteiger partial charge in [-0.25, -0.2) is 4.79 Å². The Bertz CT molecular complexity index is 832. The van der Waals surface area contributed by atoms with Crippen LogP contribution in [0.5, 0.6) is 0 Å². The fourth-order valence-corrected chi connectivity index (χ4v) is 5.04. The number of nitrogens with one attached hydrogen (secondary N) is 1. The van der Waals surface area contributed by atoms with Crippen LogP contribution in [0.2, 0.25) is 0 Å². The van der Waals surface area contributed by atoms with E-state index in [1.54, 1.807) is 6.92 Å². The summed E-state index contributed by atoms with van der Waals surface area (Å²) >= 11 is 1.53. The number of thiophene rings is 1. The van der Waals surface area contributed by atoms with Crippen LogP contribution < -0.4 is 5.32 Å². The van der Waals surface area contributed by atoms with Crippen molar-refractivity contribution in [2.45, 2.75) is 39.7 Å². The van der Waals surface area contributed by atoms with Gasteiger partial charge in [0.25, 0.3) is 0 Å². The first-order chi connectivity index (χ1) is 13.5. The lowest BCUT2D eigenvalue weighted by Gasteiger charge is -2.18. The summed E-state index contributed by atoms with van der Waals surface area (Å²) in [7, 11) is 1.92. The Morgan fingerprint density at radius 3 is 2.75 bits per heavy atom. The summed E-state index contributed by atoms with van der Waals surface area (Å²) in [5, 5.41) is 3.61. The number of esters is 1. The van der Waals surface area contributed by atoms with Crippen molar-refractivity contribution in [2.75, 3.05) is 25.5 Å². The molecular formula is C22H28N2O3S. The second-order valence-corrected chi connectivity index (χ2v) is 8.59.